The van der Waals surface area contributed by atoms with Gasteiger partial charge in [0.05, 0.1) is 0 Å². The average Bonchev–Trinajstić information content (AvgIpc) is 2.54. The Bertz CT molecular complexity index is 713. The Morgan fingerprint density at radius 3 is 2.08 bits per heavy atom. The lowest BCUT2D eigenvalue weighted by molar-refractivity contribution is 0.0977. The van der Waals surface area contributed by atoms with Crippen molar-refractivity contribution in [1.29, 1.82) is 0 Å². The summed E-state index contributed by atoms with van der Waals surface area (Å²) in [5.41, 5.74) is 3.97. The van der Waals surface area contributed by atoms with Crippen molar-refractivity contribution in [1.82, 2.24) is 5.32 Å². The van der Waals surface area contributed by atoms with Crippen molar-refractivity contribution in [3.05, 3.63) is 65.2 Å². The van der Waals surface area contributed by atoms with E-state index in [1.54, 1.807) is 0 Å². The minimum atomic E-state index is -0.210. The van der Waals surface area contributed by atoms with Gasteiger partial charge in [-0.2, -0.15) is 0 Å². The molecule has 0 saturated carbocycles. The fourth-order valence-corrected chi connectivity index (χ4v) is 2.49. The lowest BCUT2D eigenvalue weighted by atomic mass is 9.87. The van der Waals surface area contributed by atoms with Gasteiger partial charge < -0.3 is 5.32 Å². The van der Waals surface area contributed by atoms with E-state index in [1.807, 2.05) is 48.5 Å². The summed E-state index contributed by atoms with van der Waals surface area (Å²) in [5.74, 6) is -0.210. The number of hydrogen-bond donors (Lipinski definition) is 2. The monoisotopic (exact) mass is 340 g/mol. The third-order valence-corrected chi connectivity index (χ3v) is 4.06. The fourth-order valence-electron chi connectivity index (χ4n) is 2.28. The summed E-state index contributed by atoms with van der Waals surface area (Å²) in [6.07, 6.45) is 0.992. The molecule has 0 bridgehead atoms. The first-order valence-electron chi connectivity index (χ1n) is 8.11. The summed E-state index contributed by atoms with van der Waals surface area (Å²) < 4.78 is 0. The van der Waals surface area contributed by atoms with Crippen LogP contribution in [0.1, 0.15) is 49.2 Å². The number of carbonyl (C=O) groups excluding carboxylic acids is 1. The second-order valence-electron chi connectivity index (χ2n) is 6.79. The topological polar surface area (TPSA) is 41.1 Å². The Balaban J connectivity index is 1.96. The quantitative estimate of drug-likeness (QED) is 0.798. The molecule has 0 heterocycles. The van der Waals surface area contributed by atoms with Gasteiger partial charge in [0.15, 0.2) is 5.11 Å². The molecular formula is C20H24N2OS. The molecule has 0 aliphatic carbocycles. The molecule has 126 valence electrons. The van der Waals surface area contributed by atoms with Gasteiger partial charge in [0.2, 0.25) is 0 Å². The molecule has 2 aromatic rings. The predicted octanol–water partition coefficient (Wildman–Crippen LogP) is 4.67. The minimum Gasteiger partial charge on any atom is -0.332 e. The molecule has 2 rings (SSSR count). The normalized spacial score (nSPS) is 11.0. The lowest BCUT2D eigenvalue weighted by Gasteiger charge is -2.19. The summed E-state index contributed by atoms with van der Waals surface area (Å²) in [6, 6.07) is 15.6. The van der Waals surface area contributed by atoms with Gasteiger partial charge >= 0.3 is 0 Å². The van der Waals surface area contributed by atoms with Crippen LogP contribution < -0.4 is 10.6 Å². The van der Waals surface area contributed by atoms with Crippen molar-refractivity contribution in [2.75, 3.05) is 5.32 Å². The second kappa shape index (κ2) is 7.58. The highest BCUT2D eigenvalue weighted by Gasteiger charge is 2.14. The SMILES string of the molecule is CCc1ccc(NC(=S)NC(=O)c2ccc(C(C)(C)C)cc2)cc1. The summed E-state index contributed by atoms with van der Waals surface area (Å²) in [4.78, 5) is 12.3. The van der Waals surface area contributed by atoms with Gasteiger partial charge in [-0.3, -0.25) is 10.1 Å². The molecule has 0 radical (unpaired) electrons. The molecule has 3 nitrogen and oxygen atoms in total. The number of benzene rings is 2. The first-order chi connectivity index (χ1) is 11.3. The van der Waals surface area contributed by atoms with E-state index in [-0.39, 0.29) is 11.3 Å². The van der Waals surface area contributed by atoms with E-state index >= 15 is 0 Å². The summed E-state index contributed by atoms with van der Waals surface area (Å²) in [7, 11) is 0. The van der Waals surface area contributed by atoms with Crippen molar-refractivity contribution in [3.63, 3.8) is 0 Å². The van der Waals surface area contributed by atoms with Crippen LogP contribution in [0.2, 0.25) is 0 Å². The van der Waals surface area contributed by atoms with Crippen molar-refractivity contribution < 1.29 is 4.79 Å². The summed E-state index contributed by atoms with van der Waals surface area (Å²) >= 11 is 5.22. The van der Waals surface area contributed by atoms with Gasteiger partial charge in [0, 0.05) is 11.3 Å². The van der Waals surface area contributed by atoms with E-state index < -0.39 is 0 Å². The smallest absolute Gasteiger partial charge is 0.257 e. The zero-order chi connectivity index (χ0) is 17.7. The molecule has 4 heteroatoms. The van der Waals surface area contributed by atoms with E-state index in [9.17, 15) is 4.79 Å². The van der Waals surface area contributed by atoms with Crippen molar-refractivity contribution in [3.8, 4) is 0 Å². The van der Waals surface area contributed by atoms with E-state index in [1.165, 1.54) is 11.1 Å². The maximum atomic E-state index is 12.3. The van der Waals surface area contributed by atoms with Crippen LogP contribution in [0.5, 0.6) is 0 Å². The Hall–Kier alpha value is -2.20. The maximum absolute atomic E-state index is 12.3. The van der Waals surface area contributed by atoms with Crippen LogP contribution in [0.3, 0.4) is 0 Å². The van der Waals surface area contributed by atoms with E-state index in [2.05, 4.69) is 38.3 Å². The van der Waals surface area contributed by atoms with Crippen LogP contribution in [-0.4, -0.2) is 11.0 Å². The molecule has 0 spiro atoms. The van der Waals surface area contributed by atoms with Crippen molar-refractivity contribution in [2.24, 2.45) is 0 Å². The van der Waals surface area contributed by atoms with Crippen molar-refractivity contribution >= 4 is 28.9 Å². The van der Waals surface area contributed by atoms with Crippen molar-refractivity contribution in [2.45, 2.75) is 39.5 Å². The van der Waals surface area contributed by atoms with Gasteiger partial charge in [0.25, 0.3) is 5.91 Å². The van der Waals surface area contributed by atoms with E-state index in [0.717, 1.165) is 12.1 Å². The number of hydrogen-bond acceptors (Lipinski definition) is 2. The van der Waals surface area contributed by atoms with E-state index in [4.69, 9.17) is 12.2 Å². The maximum Gasteiger partial charge on any atom is 0.257 e. The van der Waals surface area contributed by atoms with Gasteiger partial charge in [-0.25, -0.2) is 0 Å². The highest BCUT2D eigenvalue weighted by molar-refractivity contribution is 7.80. The number of aryl methyl sites for hydroxylation is 1. The molecule has 0 aromatic heterocycles. The Labute approximate surface area is 149 Å². The Morgan fingerprint density at radius 2 is 1.58 bits per heavy atom. The number of nitrogens with one attached hydrogen (secondary N) is 2. The highest BCUT2D eigenvalue weighted by Crippen LogP contribution is 2.22. The third-order valence-electron chi connectivity index (χ3n) is 3.86. The molecular weight excluding hydrogens is 316 g/mol. The second-order valence-corrected chi connectivity index (χ2v) is 7.19. The third kappa shape index (κ3) is 4.90. The van der Waals surface area contributed by atoms with Crippen LogP contribution in [0, 0.1) is 0 Å². The summed E-state index contributed by atoms with van der Waals surface area (Å²) in [6.45, 7) is 8.54. The average molecular weight is 340 g/mol. The highest BCUT2D eigenvalue weighted by atomic mass is 32.1. The lowest BCUT2D eigenvalue weighted by Crippen LogP contribution is -2.34. The van der Waals surface area contributed by atoms with Crippen LogP contribution >= 0.6 is 12.2 Å². The first kappa shape index (κ1) is 18.1. The van der Waals surface area contributed by atoms with Crippen LogP contribution in [0.25, 0.3) is 0 Å². The number of thiocarbonyl (C=S) groups is 1. The van der Waals surface area contributed by atoms with Gasteiger partial charge in [-0.05, 0) is 59.4 Å². The molecule has 0 aliphatic rings. The molecule has 2 N–H and O–H groups in total. The minimum absolute atomic E-state index is 0.0660. The molecule has 0 fully saturated rings. The van der Waals surface area contributed by atoms with Crippen LogP contribution in [-0.2, 0) is 11.8 Å². The fraction of sp³-hybridized carbons (Fsp3) is 0.300. The zero-order valence-corrected chi connectivity index (χ0v) is 15.5. The number of carbonyl (C=O) groups is 1. The Kier molecular flexibility index (Phi) is 5.73. The molecule has 0 aliphatic heterocycles. The van der Waals surface area contributed by atoms with Gasteiger partial charge in [-0.15, -0.1) is 0 Å². The standard InChI is InChI=1S/C20H24N2OS/c1-5-14-6-12-17(13-7-14)21-19(24)22-18(23)15-8-10-16(11-9-15)20(2,3)4/h6-13H,5H2,1-4H3,(H2,21,22,23,24). The summed E-state index contributed by atoms with van der Waals surface area (Å²) in [5, 5.41) is 6.04. The molecule has 2 aromatic carbocycles. The van der Waals surface area contributed by atoms with Crippen LogP contribution in [0.15, 0.2) is 48.5 Å². The zero-order valence-electron chi connectivity index (χ0n) is 14.6. The number of amides is 1. The molecule has 24 heavy (non-hydrogen) atoms. The van der Waals surface area contributed by atoms with E-state index in [0.29, 0.717) is 10.7 Å². The molecule has 0 unspecified atom stereocenters. The van der Waals surface area contributed by atoms with Crippen LogP contribution in [0.4, 0.5) is 5.69 Å². The predicted molar refractivity (Wildman–Crippen MR) is 105 cm³/mol. The van der Waals surface area contributed by atoms with Gasteiger partial charge in [0.1, 0.15) is 0 Å². The first-order valence-corrected chi connectivity index (χ1v) is 8.52. The molecule has 0 saturated heterocycles. The number of rotatable bonds is 3. The largest absolute Gasteiger partial charge is 0.332 e. The molecule has 1 amide bonds. The Morgan fingerprint density at radius 1 is 1.00 bits per heavy atom. The molecule has 0 atom stereocenters. The number of anilines is 1. The van der Waals surface area contributed by atoms with Gasteiger partial charge in [-0.1, -0.05) is 52.0 Å².